The van der Waals surface area contributed by atoms with E-state index in [2.05, 4.69) is 40.7 Å². The van der Waals surface area contributed by atoms with Crippen LogP contribution in [0.1, 0.15) is 37.4 Å². The number of pyridine rings is 1. The first-order chi connectivity index (χ1) is 12.1. The van der Waals surface area contributed by atoms with Gasteiger partial charge in [-0.15, -0.1) is 0 Å². The van der Waals surface area contributed by atoms with Crippen molar-refractivity contribution < 1.29 is 9.53 Å². The first-order valence-corrected chi connectivity index (χ1v) is 8.72. The van der Waals surface area contributed by atoms with Crippen LogP contribution in [0, 0.1) is 6.92 Å². The Morgan fingerprint density at radius 3 is 2.52 bits per heavy atom. The molecule has 0 bridgehead atoms. The van der Waals surface area contributed by atoms with Gasteiger partial charge in [0.2, 0.25) is 0 Å². The third-order valence-corrected chi connectivity index (χ3v) is 4.17. The molecule has 0 N–H and O–H groups in total. The number of aromatic nitrogens is 3. The zero-order chi connectivity index (χ0) is 17.8. The number of ether oxygens (including phenoxy) is 1. The molecule has 0 aliphatic rings. The Hall–Kier alpha value is -2.69. The van der Waals surface area contributed by atoms with Crippen molar-refractivity contribution in [1.82, 2.24) is 14.5 Å². The van der Waals surface area contributed by atoms with Crippen molar-refractivity contribution in [1.29, 1.82) is 0 Å². The minimum atomic E-state index is -0.157. The van der Waals surface area contributed by atoms with Gasteiger partial charge in [-0.3, -0.25) is 9.36 Å². The highest BCUT2D eigenvalue weighted by Gasteiger charge is 2.12. The van der Waals surface area contributed by atoms with Crippen LogP contribution in [0.2, 0.25) is 0 Å². The van der Waals surface area contributed by atoms with Crippen LogP contribution < -0.4 is 0 Å². The SMILES string of the molecule is CCC(=O)OCCc1ccc(-n2c(CC)nc3ccc(C)nc32)cc1. The molecular formula is C20H23N3O2. The maximum absolute atomic E-state index is 11.2. The Kier molecular flexibility index (Phi) is 5.12. The Balaban J connectivity index is 1.86. The molecule has 1 aromatic carbocycles. The summed E-state index contributed by atoms with van der Waals surface area (Å²) >= 11 is 0. The van der Waals surface area contributed by atoms with Gasteiger partial charge in [0.05, 0.1) is 6.61 Å². The number of carbonyl (C=O) groups excluding carboxylic acids is 1. The van der Waals surface area contributed by atoms with Gasteiger partial charge in [0.15, 0.2) is 5.65 Å². The van der Waals surface area contributed by atoms with Crippen LogP contribution >= 0.6 is 0 Å². The maximum Gasteiger partial charge on any atom is 0.305 e. The van der Waals surface area contributed by atoms with Gasteiger partial charge in [0.25, 0.3) is 0 Å². The predicted octanol–water partition coefficient (Wildman–Crippen LogP) is 3.79. The molecule has 0 saturated heterocycles. The molecule has 0 fully saturated rings. The second-order valence-corrected chi connectivity index (χ2v) is 6.00. The van der Waals surface area contributed by atoms with Gasteiger partial charge in [-0.25, -0.2) is 9.97 Å². The molecule has 0 spiro atoms. The summed E-state index contributed by atoms with van der Waals surface area (Å²) in [5, 5.41) is 0. The van der Waals surface area contributed by atoms with Crippen molar-refractivity contribution in [3.63, 3.8) is 0 Å². The number of carbonyl (C=O) groups is 1. The average Bonchev–Trinajstić information content (AvgIpc) is 2.99. The monoisotopic (exact) mass is 337 g/mol. The van der Waals surface area contributed by atoms with Gasteiger partial charge in [0, 0.05) is 30.6 Å². The lowest BCUT2D eigenvalue weighted by atomic mass is 10.1. The van der Waals surface area contributed by atoms with E-state index in [-0.39, 0.29) is 5.97 Å². The fourth-order valence-electron chi connectivity index (χ4n) is 2.80. The zero-order valence-corrected chi connectivity index (χ0v) is 15.0. The first-order valence-electron chi connectivity index (χ1n) is 8.72. The van der Waals surface area contributed by atoms with Crippen LogP contribution in [-0.2, 0) is 22.4 Å². The molecule has 0 amide bonds. The number of hydrogen-bond donors (Lipinski definition) is 0. The lowest BCUT2D eigenvalue weighted by Gasteiger charge is -2.09. The van der Waals surface area contributed by atoms with Crippen LogP contribution in [0.25, 0.3) is 16.9 Å². The summed E-state index contributed by atoms with van der Waals surface area (Å²) in [6.07, 6.45) is 1.97. The highest BCUT2D eigenvalue weighted by atomic mass is 16.5. The molecule has 5 heteroatoms. The van der Waals surface area contributed by atoms with E-state index in [1.54, 1.807) is 6.92 Å². The Morgan fingerprint density at radius 2 is 1.84 bits per heavy atom. The molecule has 0 radical (unpaired) electrons. The quantitative estimate of drug-likeness (QED) is 0.642. The van der Waals surface area contributed by atoms with Gasteiger partial charge in [-0.1, -0.05) is 26.0 Å². The van der Waals surface area contributed by atoms with E-state index in [1.807, 2.05) is 19.1 Å². The molecule has 130 valence electrons. The Bertz CT molecular complexity index is 882. The first kappa shape index (κ1) is 17.1. The van der Waals surface area contributed by atoms with Gasteiger partial charge in [0.1, 0.15) is 11.3 Å². The van der Waals surface area contributed by atoms with Crippen LogP contribution in [0.15, 0.2) is 36.4 Å². The molecule has 2 aromatic heterocycles. The number of rotatable bonds is 6. The van der Waals surface area contributed by atoms with Crippen LogP contribution in [0.4, 0.5) is 0 Å². The minimum Gasteiger partial charge on any atom is -0.465 e. The Morgan fingerprint density at radius 1 is 1.08 bits per heavy atom. The van der Waals surface area contributed by atoms with Crippen LogP contribution in [0.5, 0.6) is 0 Å². The topological polar surface area (TPSA) is 57.0 Å². The van der Waals surface area contributed by atoms with Gasteiger partial charge in [-0.05, 0) is 36.8 Å². The molecule has 3 aromatic rings. The van der Waals surface area contributed by atoms with Crippen molar-refractivity contribution in [2.45, 2.75) is 40.0 Å². The zero-order valence-electron chi connectivity index (χ0n) is 15.0. The fraction of sp³-hybridized carbons (Fsp3) is 0.350. The summed E-state index contributed by atoms with van der Waals surface area (Å²) in [7, 11) is 0. The van der Waals surface area contributed by atoms with Gasteiger partial charge < -0.3 is 4.74 Å². The van der Waals surface area contributed by atoms with Crippen molar-refractivity contribution in [3.8, 4) is 5.69 Å². The molecule has 0 unspecified atom stereocenters. The number of esters is 1. The molecular weight excluding hydrogens is 314 g/mol. The smallest absolute Gasteiger partial charge is 0.305 e. The molecule has 2 heterocycles. The standard InChI is InChI=1S/C20H23N3O2/c1-4-18-22-17-11-6-14(3)21-20(17)23(18)16-9-7-15(8-10-16)12-13-25-19(24)5-2/h6-11H,4-5,12-13H2,1-3H3. The van der Waals surface area contributed by atoms with E-state index >= 15 is 0 Å². The average molecular weight is 337 g/mol. The number of benzene rings is 1. The molecule has 0 saturated carbocycles. The van der Waals surface area contributed by atoms with E-state index in [9.17, 15) is 4.79 Å². The molecule has 25 heavy (non-hydrogen) atoms. The predicted molar refractivity (Wildman–Crippen MR) is 97.9 cm³/mol. The van der Waals surface area contributed by atoms with E-state index in [1.165, 1.54) is 0 Å². The van der Waals surface area contributed by atoms with Gasteiger partial charge in [-0.2, -0.15) is 0 Å². The summed E-state index contributed by atoms with van der Waals surface area (Å²) in [6, 6.07) is 12.3. The lowest BCUT2D eigenvalue weighted by molar-refractivity contribution is -0.143. The number of hydrogen-bond acceptors (Lipinski definition) is 4. The summed E-state index contributed by atoms with van der Waals surface area (Å²) in [5.74, 6) is 0.841. The van der Waals surface area contributed by atoms with E-state index in [0.717, 1.165) is 40.4 Å². The van der Waals surface area contributed by atoms with Gasteiger partial charge >= 0.3 is 5.97 Å². The highest BCUT2D eigenvalue weighted by molar-refractivity contribution is 5.74. The maximum atomic E-state index is 11.2. The fourth-order valence-corrected chi connectivity index (χ4v) is 2.80. The van der Waals surface area contributed by atoms with Crippen LogP contribution in [-0.4, -0.2) is 27.1 Å². The minimum absolute atomic E-state index is 0.157. The summed E-state index contributed by atoms with van der Waals surface area (Å²) in [5.41, 5.74) is 4.97. The summed E-state index contributed by atoms with van der Waals surface area (Å²) in [4.78, 5) is 20.6. The van der Waals surface area contributed by atoms with Crippen LogP contribution in [0.3, 0.4) is 0 Å². The number of nitrogens with zero attached hydrogens (tertiary/aromatic N) is 3. The van der Waals surface area contributed by atoms with E-state index < -0.39 is 0 Å². The summed E-state index contributed by atoms with van der Waals surface area (Å²) < 4.78 is 7.26. The number of aryl methyl sites for hydroxylation is 2. The molecule has 5 nitrogen and oxygen atoms in total. The Labute approximate surface area is 147 Å². The molecule has 0 aliphatic heterocycles. The second kappa shape index (κ2) is 7.47. The third-order valence-electron chi connectivity index (χ3n) is 4.17. The van der Waals surface area contributed by atoms with Crippen molar-refractivity contribution in [2.75, 3.05) is 6.61 Å². The molecule has 3 rings (SSSR count). The number of imidazole rings is 1. The molecule has 0 aliphatic carbocycles. The highest BCUT2D eigenvalue weighted by Crippen LogP contribution is 2.21. The second-order valence-electron chi connectivity index (χ2n) is 6.00. The lowest BCUT2D eigenvalue weighted by Crippen LogP contribution is -2.06. The van der Waals surface area contributed by atoms with Crippen molar-refractivity contribution in [3.05, 3.63) is 53.5 Å². The summed E-state index contributed by atoms with van der Waals surface area (Å²) in [6.45, 7) is 6.30. The third kappa shape index (κ3) is 3.71. The molecule has 0 atom stereocenters. The van der Waals surface area contributed by atoms with E-state index in [4.69, 9.17) is 9.72 Å². The largest absolute Gasteiger partial charge is 0.465 e. The normalized spacial score (nSPS) is 11.0. The van der Waals surface area contributed by atoms with E-state index in [0.29, 0.717) is 19.4 Å². The number of fused-ring (bicyclic) bond motifs is 1. The van der Waals surface area contributed by atoms with Crippen molar-refractivity contribution in [2.24, 2.45) is 0 Å². The van der Waals surface area contributed by atoms with Crippen molar-refractivity contribution >= 4 is 17.1 Å².